The van der Waals surface area contributed by atoms with Crippen molar-refractivity contribution >= 4 is 23.6 Å². The van der Waals surface area contributed by atoms with Crippen LogP contribution in [0.5, 0.6) is 0 Å². The molecule has 4 rings (SSSR count). The van der Waals surface area contributed by atoms with Gasteiger partial charge in [-0.1, -0.05) is 44.5 Å². The van der Waals surface area contributed by atoms with Gasteiger partial charge in [-0.2, -0.15) is 0 Å². The summed E-state index contributed by atoms with van der Waals surface area (Å²) in [6, 6.07) is 6.04. The molecule has 1 saturated carbocycles. The Morgan fingerprint density at radius 2 is 2.06 bits per heavy atom. The zero-order chi connectivity index (χ0) is 26.5. The monoisotopic (exact) mass is 514 g/mol. The van der Waals surface area contributed by atoms with Crippen LogP contribution in [-0.4, -0.2) is 41.3 Å². The highest BCUT2D eigenvalue weighted by Gasteiger charge is 2.53. The summed E-state index contributed by atoms with van der Waals surface area (Å²) in [5.41, 5.74) is 3.30. The van der Waals surface area contributed by atoms with E-state index in [1.54, 1.807) is 12.0 Å². The molecule has 2 amide bonds. The van der Waals surface area contributed by atoms with E-state index < -0.39 is 17.0 Å². The van der Waals surface area contributed by atoms with Gasteiger partial charge in [0.2, 0.25) is 0 Å². The van der Waals surface area contributed by atoms with E-state index in [0.717, 1.165) is 59.4 Å². The molecule has 2 N–H and O–H groups in total. The van der Waals surface area contributed by atoms with Crippen molar-refractivity contribution in [3.05, 3.63) is 57.3 Å². The number of amides is 2. The van der Waals surface area contributed by atoms with Crippen molar-refractivity contribution in [2.75, 3.05) is 13.7 Å². The fourth-order valence-electron chi connectivity index (χ4n) is 5.93. The standard InChI is InChI=1S/C29H39ClN2O4/c1-18-23(25(33)34)15-28(18,5)32-16-22-13-19(17-36-6)9-12-29(22,31-26(32)35)21-8-7-20(24(30)14-21)10-11-27(2,3)4/h7-8,14,16,19H,9-13,15,17H2,1-6H3,(H,31,35)(H,33,34)/t19?,28?,29-/m0/s1. The highest BCUT2D eigenvalue weighted by Crippen LogP contribution is 2.50. The molecule has 1 fully saturated rings. The summed E-state index contributed by atoms with van der Waals surface area (Å²) in [6.07, 6.45) is 6.72. The van der Waals surface area contributed by atoms with Gasteiger partial charge in [-0.3, -0.25) is 4.90 Å². The number of nitrogens with zero attached hydrogens (tertiary/aromatic N) is 1. The van der Waals surface area contributed by atoms with Crippen LogP contribution in [0, 0.1) is 11.3 Å². The molecule has 2 aliphatic carbocycles. The van der Waals surface area contributed by atoms with E-state index in [4.69, 9.17) is 16.3 Å². The zero-order valence-corrected chi connectivity index (χ0v) is 23.1. The van der Waals surface area contributed by atoms with E-state index in [0.29, 0.717) is 24.5 Å². The number of benzene rings is 1. The number of carbonyl (C=O) groups excluding carboxylic acids is 1. The maximum Gasteiger partial charge on any atom is 0.331 e. The summed E-state index contributed by atoms with van der Waals surface area (Å²) in [5.74, 6) is -0.559. The Kier molecular flexibility index (Phi) is 7.08. The van der Waals surface area contributed by atoms with Crippen molar-refractivity contribution < 1.29 is 19.4 Å². The Hall–Kier alpha value is -2.31. The van der Waals surface area contributed by atoms with Gasteiger partial charge in [0.15, 0.2) is 0 Å². The molecule has 2 unspecified atom stereocenters. The second-order valence-corrected chi connectivity index (χ2v) is 12.6. The van der Waals surface area contributed by atoms with Crippen molar-refractivity contribution in [1.29, 1.82) is 0 Å². The van der Waals surface area contributed by atoms with Gasteiger partial charge in [0, 0.05) is 36.9 Å². The van der Waals surface area contributed by atoms with Crippen molar-refractivity contribution in [3.63, 3.8) is 0 Å². The number of carboxylic acids is 1. The molecule has 1 aromatic carbocycles. The molecule has 7 heteroatoms. The maximum atomic E-state index is 13.6. The van der Waals surface area contributed by atoms with E-state index in [1.807, 2.05) is 26.1 Å². The van der Waals surface area contributed by atoms with Crippen LogP contribution in [0.4, 0.5) is 4.79 Å². The minimum absolute atomic E-state index is 0.205. The number of urea groups is 1. The molecule has 0 radical (unpaired) electrons. The molecule has 3 aliphatic rings. The van der Waals surface area contributed by atoms with Crippen LogP contribution in [0.1, 0.15) is 77.8 Å². The van der Waals surface area contributed by atoms with Crippen molar-refractivity contribution in [2.45, 2.75) is 84.2 Å². The molecule has 0 bridgehead atoms. The van der Waals surface area contributed by atoms with Crippen LogP contribution in [0.2, 0.25) is 5.02 Å². The third kappa shape index (κ3) is 4.70. The number of aryl methyl sites for hydroxylation is 1. The fraction of sp³-hybridized carbons (Fsp3) is 0.586. The average Bonchev–Trinajstić information content (AvgIpc) is 2.80. The highest BCUT2D eigenvalue weighted by atomic mass is 35.5. The van der Waals surface area contributed by atoms with Crippen LogP contribution < -0.4 is 5.32 Å². The van der Waals surface area contributed by atoms with E-state index >= 15 is 0 Å². The Bertz CT molecular complexity index is 1130. The first-order valence-corrected chi connectivity index (χ1v) is 13.2. The van der Waals surface area contributed by atoms with Gasteiger partial charge in [0.25, 0.3) is 0 Å². The minimum atomic E-state index is -0.914. The second kappa shape index (κ2) is 9.53. The van der Waals surface area contributed by atoms with Crippen LogP contribution >= 0.6 is 11.6 Å². The summed E-state index contributed by atoms with van der Waals surface area (Å²) in [5, 5.41) is 13.6. The summed E-state index contributed by atoms with van der Waals surface area (Å²) in [7, 11) is 1.72. The van der Waals surface area contributed by atoms with Gasteiger partial charge >= 0.3 is 12.0 Å². The fourth-order valence-corrected chi connectivity index (χ4v) is 6.21. The molecule has 0 aromatic heterocycles. The van der Waals surface area contributed by atoms with Crippen LogP contribution in [0.25, 0.3) is 0 Å². The lowest BCUT2D eigenvalue weighted by Gasteiger charge is -2.54. The Morgan fingerprint density at radius 1 is 1.33 bits per heavy atom. The molecule has 1 aromatic rings. The largest absolute Gasteiger partial charge is 0.478 e. The lowest BCUT2D eigenvalue weighted by atomic mass is 9.67. The van der Waals surface area contributed by atoms with E-state index in [1.165, 1.54) is 0 Å². The number of aliphatic carboxylic acids is 1. The number of hydrogen-bond donors (Lipinski definition) is 2. The van der Waals surface area contributed by atoms with E-state index in [-0.39, 0.29) is 11.4 Å². The van der Waals surface area contributed by atoms with Gasteiger partial charge in [0.05, 0.1) is 11.1 Å². The molecule has 1 aliphatic heterocycles. The molecule has 0 spiro atoms. The number of methoxy groups -OCH3 is 1. The first-order chi connectivity index (χ1) is 16.8. The summed E-state index contributed by atoms with van der Waals surface area (Å²) >= 11 is 6.79. The van der Waals surface area contributed by atoms with Gasteiger partial charge in [-0.25, -0.2) is 9.59 Å². The Balaban J connectivity index is 1.72. The van der Waals surface area contributed by atoms with Crippen LogP contribution in [0.3, 0.4) is 0 Å². The van der Waals surface area contributed by atoms with Crippen LogP contribution in [-0.2, 0) is 21.5 Å². The minimum Gasteiger partial charge on any atom is -0.478 e. The molecular weight excluding hydrogens is 476 g/mol. The van der Waals surface area contributed by atoms with Gasteiger partial charge < -0.3 is 15.2 Å². The van der Waals surface area contributed by atoms with Crippen molar-refractivity contribution in [2.24, 2.45) is 11.3 Å². The molecule has 0 saturated heterocycles. The normalized spacial score (nSPS) is 28.3. The number of carboxylic acid groups (broad SMARTS) is 1. The first-order valence-electron chi connectivity index (χ1n) is 12.8. The molecule has 1 heterocycles. The molecule has 36 heavy (non-hydrogen) atoms. The summed E-state index contributed by atoms with van der Waals surface area (Å²) in [6.45, 7) is 11.1. The third-order valence-corrected chi connectivity index (χ3v) is 8.82. The second-order valence-electron chi connectivity index (χ2n) is 12.2. The van der Waals surface area contributed by atoms with Gasteiger partial charge in [-0.15, -0.1) is 0 Å². The predicted molar refractivity (Wildman–Crippen MR) is 142 cm³/mol. The predicted octanol–water partition coefficient (Wildman–Crippen LogP) is 6.43. The van der Waals surface area contributed by atoms with Crippen LogP contribution in [0.15, 0.2) is 41.1 Å². The third-order valence-electron chi connectivity index (χ3n) is 8.47. The number of hydrogen-bond acceptors (Lipinski definition) is 3. The summed E-state index contributed by atoms with van der Waals surface area (Å²) < 4.78 is 5.47. The van der Waals surface area contributed by atoms with Gasteiger partial charge in [-0.05, 0) is 85.6 Å². The number of fused-ring (bicyclic) bond motifs is 1. The number of rotatable bonds is 7. The van der Waals surface area contributed by atoms with Crippen molar-refractivity contribution in [3.8, 4) is 0 Å². The SMILES string of the molecule is COCC1CC[C@@]2(c3ccc(CCC(C)(C)C)c(Cl)c3)NC(=O)N(C3(C)CC(C(=O)O)=C3C)C=C2C1. The molecule has 6 nitrogen and oxygen atoms in total. The summed E-state index contributed by atoms with van der Waals surface area (Å²) in [4.78, 5) is 26.9. The smallest absolute Gasteiger partial charge is 0.331 e. The Labute approximate surface area is 219 Å². The first kappa shape index (κ1) is 26.7. The number of nitrogens with one attached hydrogen (secondary N) is 1. The Morgan fingerprint density at radius 3 is 2.64 bits per heavy atom. The maximum absolute atomic E-state index is 13.6. The van der Waals surface area contributed by atoms with E-state index in [2.05, 4.69) is 38.2 Å². The average molecular weight is 515 g/mol. The zero-order valence-electron chi connectivity index (χ0n) is 22.3. The topological polar surface area (TPSA) is 78.9 Å². The number of carbonyl (C=O) groups is 2. The van der Waals surface area contributed by atoms with Gasteiger partial charge in [0.1, 0.15) is 0 Å². The lowest BCUT2D eigenvalue weighted by Crippen LogP contribution is -2.64. The highest BCUT2D eigenvalue weighted by molar-refractivity contribution is 6.31. The van der Waals surface area contributed by atoms with E-state index in [9.17, 15) is 14.7 Å². The number of ether oxygens (including phenoxy) is 1. The molecular formula is C29H39ClN2O4. The molecule has 196 valence electrons. The quantitative estimate of drug-likeness (QED) is 0.439. The molecule has 3 atom stereocenters. The van der Waals surface area contributed by atoms with Crippen molar-refractivity contribution in [1.82, 2.24) is 10.2 Å². The lowest BCUT2D eigenvalue weighted by molar-refractivity contribution is -0.133. The number of halogens is 1.